The summed E-state index contributed by atoms with van der Waals surface area (Å²) < 4.78 is 7.52. The van der Waals surface area contributed by atoms with Gasteiger partial charge in [0.2, 0.25) is 0 Å². The second-order valence-electron chi connectivity index (χ2n) is 13.4. The van der Waals surface area contributed by atoms with Gasteiger partial charge in [0.1, 0.15) is 14.2 Å². The highest BCUT2D eigenvalue weighted by Gasteiger charge is 2.59. The van der Waals surface area contributed by atoms with Gasteiger partial charge in [0.05, 0.1) is 0 Å². The largest absolute Gasteiger partial charge is 0.479 e. The van der Waals surface area contributed by atoms with Gasteiger partial charge in [-0.15, -0.1) is 0 Å². The normalized spacial score (nSPS) is 14.4. The maximum Gasteiger partial charge on any atom is 0.331 e. The number of hydrogen-bond donors (Lipinski definition) is 1. The molecule has 224 valence electrons. The van der Waals surface area contributed by atoms with Crippen LogP contribution >= 0.6 is 0 Å². The minimum absolute atomic E-state index is 0.262. The summed E-state index contributed by atoms with van der Waals surface area (Å²) in [5.41, 5.74) is -0.401. The third-order valence-corrected chi connectivity index (χ3v) is 20.2. The van der Waals surface area contributed by atoms with Crippen molar-refractivity contribution in [3.05, 3.63) is 133 Å². The van der Waals surface area contributed by atoms with E-state index in [0.717, 1.165) is 10.4 Å². The van der Waals surface area contributed by atoms with Gasteiger partial charge in [-0.05, 0) is 27.4 Å². The summed E-state index contributed by atoms with van der Waals surface area (Å²) in [5.74, 6) is -0.927. The third-order valence-electron chi connectivity index (χ3n) is 8.83. The van der Waals surface area contributed by atoms with Crippen molar-refractivity contribution in [3.8, 4) is 0 Å². The van der Waals surface area contributed by atoms with Gasteiger partial charge in [0.25, 0.3) is 8.32 Å². The molecular weight excluding hydrogens is 561 g/mol. The Hall–Kier alpha value is -3.52. The van der Waals surface area contributed by atoms with Crippen LogP contribution < -0.4 is 20.7 Å². The summed E-state index contributed by atoms with van der Waals surface area (Å²) in [6.07, 6.45) is 3.07. The molecule has 1 N–H and O–H groups in total. The van der Waals surface area contributed by atoms with Gasteiger partial charge in [-0.2, -0.15) is 0 Å². The number of benzene rings is 4. The first kappa shape index (κ1) is 32.4. The van der Waals surface area contributed by atoms with Crippen molar-refractivity contribution >= 4 is 43.1 Å². The standard InChI is InChI=1S/C38H46O3Si2/c1-8-21-34(42(37(2,3)4,30-22-13-9-14-23-30)31-24-15-10-16-25-31)35(36(39)40)41-43(38(5,6)7,32-26-17-11-18-27-32)33-28-19-12-20-29-33/h8-29,34-35H,1-7H3,(H,39,40)/b21-8+/t34-,35+/m0/s1. The van der Waals surface area contributed by atoms with E-state index in [2.05, 4.69) is 120 Å². The highest BCUT2D eigenvalue weighted by molar-refractivity contribution is 7.06. The molecule has 5 heteroatoms. The molecule has 0 unspecified atom stereocenters. The molecule has 0 aliphatic rings. The van der Waals surface area contributed by atoms with Crippen molar-refractivity contribution in [3.63, 3.8) is 0 Å². The van der Waals surface area contributed by atoms with E-state index in [1.807, 2.05) is 61.5 Å². The van der Waals surface area contributed by atoms with E-state index in [-0.39, 0.29) is 10.1 Å². The molecule has 0 aliphatic heterocycles. The van der Waals surface area contributed by atoms with Crippen molar-refractivity contribution in [1.29, 1.82) is 0 Å². The highest BCUT2D eigenvalue weighted by Crippen LogP contribution is 2.48. The Morgan fingerprint density at radius 2 is 0.977 bits per heavy atom. The van der Waals surface area contributed by atoms with E-state index < -0.39 is 34.0 Å². The van der Waals surface area contributed by atoms with Gasteiger partial charge in [-0.3, -0.25) is 0 Å². The maximum atomic E-state index is 13.8. The minimum Gasteiger partial charge on any atom is -0.479 e. The SMILES string of the molecule is C/C=C/[C@@H]([C@@H](O[Si](c1ccccc1)(c1ccccc1)C(C)(C)C)C(=O)O)[Si](c1ccccc1)(c1ccccc1)C(C)(C)C. The lowest BCUT2D eigenvalue weighted by Crippen LogP contribution is -2.73. The predicted octanol–water partition coefficient (Wildman–Crippen LogP) is 7.03. The predicted molar refractivity (Wildman–Crippen MR) is 186 cm³/mol. The molecule has 0 radical (unpaired) electrons. The van der Waals surface area contributed by atoms with Crippen LogP contribution in [0.4, 0.5) is 0 Å². The number of allylic oxidation sites excluding steroid dienone is 1. The van der Waals surface area contributed by atoms with E-state index in [1.165, 1.54) is 10.4 Å². The number of carboxylic acid groups (broad SMARTS) is 1. The van der Waals surface area contributed by atoms with Crippen LogP contribution in [0.25, 0.3) is 0 Å². The molecule has 0 aliphatic carbocycles. The van der Waals surface area contributed by atoms with Crippen molar-refractivity contribution in [2.75, 3.05) is 0 Å². The van der Waals surface area contributed by atoms with Gasteiger partial charge in [-0.25, -0.2) is 4.79 Å². The molecule has 0 amide bonds. The lowest BCUT2D eigenvalue weighted by molar-refractivity contribution is -0.145. The molecule has 0 bridgehead atoms. The fourth-order valence-corrected chi connectivity index (χ4v) is 18.4. The monoisotopic (exact) mass is 606 g/mol. The Kier molecular flexibility index (Phi) is 9.80. The van der Waals surface area contributed by atoms with Crippen molar-refractivity contribution in [2.24, 2.45) is 0 Å². The summed E-state index contributed by atoms with van der Waals surface area (Å²) in [7, 11) is -6.16. The molecule has 0 aromatic heterocycles. The quantitative estimate of drug-likeness (QED) is 0.156. The number of carboxylic acids is 1. The van der Waals surface area contributed by atoms with Crippen LogP contribution in [-0.2, 0) is 9.22 Å². The van der Waals surface area contributed by atoms with Gasteiger partial charge in [0, 0.05) is 5.54 Å². The van der Waals surface area contributed by atoms with Crippen molar-refractivity contribution < 1.29 is 14.3 Å². The Labute approximate surface area is 260 Å². The Bertz CT molecular complexity index is 1410. The van der Waals surface area contributed by atoms with Crippen molar-refractivity contribution in [2.45, 2.75) is 70.2 Å². The average Bonchev–Trinajstić information content (AvgIpc) is 2.98. The molecule has 4 aromatic carbocycles. The zero-order chi connectivity index (χ0) is 31.3. The van der Waals surface area contributed by atoms with Gasteiger partial charge in [-0.1, -0.05) is 185 Å². The van der Waals surface area contributed by atoms with Crippen molar-refractivity contribution in [1.82, 2.24) is 0 Å². The Morgan fingerprint density at radius 3 is 1.26 bits per heavy atom. The summed E-state index contributed by atoms with van der Waals surface area (Å²) in [6, 6.07) is 41.8. The fourth-order valence-electron chi connectivity index (χ4n) is 7.16. The van der Waals surface area contributed by atoms with Crippen LogP contribution in [0.15, 0.2) is 133 Å². The molecule has 43 heavy (non-hydrogen) atoms. The Morgan fingerprint density at radius 1 is 0.628 bits per heavy atom. The minimum atomic E-state index is -3.20. The van der Waals surface area contributed by atoms with E-state index >= 15 is 0 Å². The molecule has 0 fully saturated rings. The molecule has 0 saturated carbocycles. The lowest BCUT2D eigenvalue weighted by Gasteiger charge is -2.52. The second kappa shape index (κ2) is 13.0. The number of aliphatic carboxylic acids is 1. The second-order valence-corrected chi connectivity index (χ2v) is 22.6. The third kappa shape index (κ3) is 5.99. The smallest absolute Gasteiger partial charge is 0.331 e. The van der Waals surface area contributed by atoms with Crippen LogP contribution in [0.1, 0.15) is 48.5 Å². The maximum absolute atomic E-state index is 13.8. The van der Waals surface area contributed by atoms with E-state index in [1.54, 1.807) is 0 Å². The van der Waals surface area contributed by atoms with Crippen LogP contribution in [0, 0.1) is 0 Å². The number of carbonyl (C=O) groups is 1. The van der Waals surface area contributed by atoms with Gasteiger partial charge in [0.15, 0.2) is 0 Å². The average molecular weight is 607 g/mol. The molecular formula is C38H46O3Si2. The summed E-state index contributed by atoms with van der Waals surface area (Å²) >= 11 is 0. The molecule has 4 rings (SSSR count). The van der Waals surface area contributed by atoms with Crippen LogP contribution in [0.2, 0.25) is 15.6 Å². The highest BCUT2D eigenvalue weighted by atomic mass is 28.4. The molecule has 3 nitrogen and oxygen atoms in total. The zero-order valence-corrected chi connectivity index (χ0v) is 28.6. The zero-order valence-electron chi connectivity index (χ0n) is 26.6. The molecule has 4 aromatic rings. The molecule has 2 atom stereocenters. The van der Waals surface area contributed by atoms with Crippen LogP contribution in [0.3, 0.4) is 0 Å². The first-order valence-corrected chi connectivity index (χ1v) is 19.2. The number of hydrogen-bond acceptors (Lipinski definition) is 2. The summed E-state index contributed by atoms with van der Waals surface area (Å²) in [5, 5.41) is 15.2. The Balaban J connectivity index is 2.11. The van der Waals surface area contributed by atoms with Gasteiger partial charge >= 0.3 is 5.97 Å². The molecule has 0 saturated heterocycles. The van der Waals surface area contributed by atoms with E-state index in [0.29, 0.717) is 0 Å². The molecule has 0 spiro atoms. The fraction of sp³-hybridized carbons (Fsp3) is 0.289. The van der Waals surface area contributed by atoms with Gasteiger partial charge < -0.3 is 9.53 Å². The summed E-state index contributed by atoms with van der Waals surface area (Å²) in [4.78, 5) is 13.8. The summed E-state index contributed by atoms with van der Waals surface area (Å²) in [6.45, 7) is 15.4. The number of rotatable bonds is 10. The van der Waals surface area contributed by atoms with E-state index in [9.17, 15) is 9.90 Å². The first-order valence-electron chi connectivity index (χ1n) is 15.2. The lowest BCUT2D eigenvalue weighted by atomic mass is 10.2. The first-order chi connectivity index (χ1) is 20.4. The van der Waals surface area contributed by atoms with Crippen LogP contribution in [0.5, 0.6) is 0 Å². The van der Waals surface area contributed by atoms with E-state index in [4.69, 9.17) is 4.43 Å². The molecule has 0 heterocycles. The topological polar surface area (TPSA) is 46.5 Å². The van der Waals surface area contributed by atoms with Crippen LogP contribution in [-0.4, -0.2) is 33.6 Å².